The van der Waals surface area contributed by atoms with Gasteiger partial charge in [0.2, 0.25) is 0 Å². The predicted octanol–water partition coefficient (Wildman–Crippen LogP) is 1.41. The van der Waals surface area contributed by atoms with Gasteiger partial charge in [0, 0.05) is 31.9 Å². The zero-order valence-electron chi connectivity index (χ0n) is 12.0. The van der Waals surface area contributed by atoms with Crippen LogP contribution in [0.1, 0.15) is 29.7 Å². The first kappa shape index (κ1) is 13.3. The molecule has 0 aromatic carbocycles. The van der Waals surface area contributed by atoms with Crippen LogP contribution < -0.4 is 5.43 Å². The van der Waals surface area contributed by atoms with Crippen LogP contribution in [0.15, 0.2) is 6.07 Å². The number of piperazine rings is 1. The minimum atomic E-state index is 0.671. The van der Waals surface area contributed by atoms with E-state index in [1.165, 1.54) is 24.1 Å². The summed E-state index contributed by atoms with van der Waals surface area (Å²) in [7, 11) is 2.13. The highest BCUT2D eigenvalue weighted by atomic mass is 15.5. The van der Waals surface area contributed by atoms with Gasteiger partial charge in [-0.25, -0.2) is 9.99 Å². The molecule has 0 saturated carbocycles. The molecule has 1 fully saturated rings. The number of fused-ring (bicyclic) bond motifs is 1. The average molecular weight is 271 g/mol. The summed E-state index contributed by atoms with van der Waals surface area (Å²) in [5.41, 5.74) is 6.45. The normalized spacial score (nSPS) is 20.2. The first-order valence-corrected chi connectivity index (χ1v) is 7.39. The molecule has 0 bridgehead atoms. The van der Waals surface area contributed by atoms with Crippen molar-refractivity contribution in [2.75, 3.05) is 38.7 Å². The lowest BCUT2D eigenvalue weighted by atomic mass is 9.95. The van der Waals surface area contributed by atoms with E-state index < -0.39 is 0 Å². The van der Waals surface area contributed by atoms with Crippen molar-refractivity contribution in [1.29, 1.82) is 5.26 Å². The molecular formula is C15H21N5. The number of hydrogen-bond acceptors (Lipinski definition) is 5. The number of nitrogens with one attached hydrogen (secondary N) is 1. The van der Waals surface area contributed by atoms with Crippen molar-refractivity contribution in [3.63, 3.8) is 0 Å². The number of nitrogens with zero attached hydrogens (tertiary/aromatic N) is 4. The molecule has 0 radical (unpaired) electrons. The summed E-state index contributed by atoms with van der Waals surface area (Å²) in [6, 6.07) is 4.31. The maximum atomic E-state index is 9.33. The van der Waals surface area contributed by atoms with E-state index >= 15 is 0 Å². The Hall–Kier alpha value is -1.64. The number of nitriles is 1. The van der Waals surface area contributed by atoms with Gasteiger partial charge in [-0.2, -0.15) is 5.26 Å². The van der Waals surface area contributed by atoms with Gasteiger partial charge in [-0.3, -0.25) is 0 Å². The number of anilines is 1. The van der Waals surface area contributed by atoms with E-state index in [0.717, 1.165) is 44.8 Å². The molecule has 5 nitrogen and oxygen atoms in total. The van der Waals surface area contributed by atoms with Crippen molar-refractivity contribution in [3.8, 4) is 6.07 Å². The molecule has 20 heavy (non-hydrogen) atoms. The quantitative estimate of drug-likeness (QED) is 0.881. The first-order valence-electron chi connectivity index (χ1n) is 7.39. The number of rotatable bonds is 2. The smallest absolute Gasteiger partial charge is 0.158 e. The van der Waals surface area contributed by atoms with Crippen molar-refractivity contribution in [1.82, 2.24) is 14.9 Å². The summed E-state index contributed by atoms with van der Waals surface area (Å²) in [5.74, 6) is 0.734. The minimum absolute atomic E-state index is 0.671. The second-order valence-electron chi connectivity index (χ2n) is 5.71. The topological polar surface area (TPSA) is 55.2 Å². The molecule has 1 aromatic heterocycles. The largest absolute Gasteiger partial charge is 0.304 e. The fourth-order valence-corrected chi connectivity index (χ4v) is 2.87. The highest BCUT2D eigenvalue weighted by Crippen LogP contribution is 2.24. The van der Waals surface area contributed by atoms with E-state index in [-0.39, 0.29) is 0 Å². The minimum Gasteiger partial charge on any atom is -0.304 e. The van der Waals surface area contributed by atoms with Gasteiger partial charge in [-0.1, -0.05) is 0 Å². The Kier molecular flexibility index (Phi) is 3.86. The van der Waals surface area contributed by atoms with Crippen LogP contribution in [0.4, 0.5) is 5.82 Å². The number of pyridine rings is 1. The third-order valence-electron chi connectivity index (χ3n) is 4.19. The molecule has 1 aliphatic carbocycles. The molecule has 0 unspecified atom stereocenters. The Morgan fingerprint density at radius 1 is 1.20 bits per heavy atom. The Morgan fingerprint density at radius 2 is 1.95 bits per heavy atom. The Morgan fingerprint density at radius 3 is 2.70 bits per heavy atom. The number of hydrogen-bond donors (Lipinski definition) is 1. The standard InChI is InChI=1S/C15H21N5/c1-19-6-8-20(9-7-19)18-15-13(11-16)10-12-4-2-3-5-14(12)17-15/h10H,2-9H2,1H3,(H,17,18). The van der Waals surface area contributed by atoms with E-state index in [9.17, 15) is 5.26 Å². The van der Waals surface area contributed by atoms with Gasteiger partial charge in [0.05, 0.1) is 5.56 Å². The van der Waals surface area contributed by atoms with E-state index in [1.807, 2.05) is 6.07 Å². The number of aromatic nitrogens is 1. The molecule has 0 amide bonds. The zero-order valence-corrected chi connectivity index (χ0v) is 12.0. The van der Waals surface area contributed by atoms with E-state index in [2.05, 4.69) is 28.5 Å². The second-order valence-corrected chi connectivity index (χ2v) is 5.71. The summed E-state index contributed by atoms with van der Waals surface area (Å²) in [6.07, 6.45) is 4.52. The third kappa shape index (κ3) is 2.77. The van der Waals surface area contributed by atoms with Crippen molar-refractivity contribution in [3.05, 3.63) is 22.9 Å². The zero-order chi connectivity index (χ0) is 13.9. The Balaban J connectivity index is 1.80. The predicted molar refractivity (Wildman–Crippen MR) is 78.3 cm³/mol. The van der Waals surface area contributed by atoms with Crippen LogP contribution >= 0.6 is 0 Å². The van der Waals surface area contributed by atoms with Gasteiger partial charge < -0.3 is 10.3 Å². The lowest BCUT2D eigenvalue weighted by Crippen LogP contribution is -2.47. The van der Waals surface area contributed by atoms with Gasteiger partial charge >= 0.3 is 0 Å². The molecule has 0 atom stereocenters. The summed E-state index contributed by atoms with van der Waals surface area (Å²) in [4.78, 5) is 7.02. The van der Waals surface area contributed by atoms with Crippen LogP contribution in [0.5, 0.6) is 0 Å². The molecule has 106 valence electrons. The monoisotopic (exact) mass is 271 g/mol. The highest BCUT2D eigenvalue weighted by molar-refractivity contribution is 5.54. The maximum absolute atomic E-state index is 9.33. The Bertz CT molecular complexity index is 526. The second kappa shape index (κ2) is 5.78. The van der Waals surface area contributed by atoms with Gasteiger partial charge in [0.25, 0.3) is 0 Å². The average Bonchev–Trinajstić information content (AvgIpc) is 2.49. The maximum Gasteiger partial charge on any atom is 0.158 e. The molecule has 2 aliphatic rings. The molecule has 1 aromatic rings. The third-order valence-corrected chi connectivity index (χ3v) is 4.19. The van der Waals surface area contributed by atoms with Gasteiger partial charge in [-0.15, -0.1) is 0 Å². The first-order chi connectivity index (χ1) is 9.76. The van der Waals surface area contributed by atoms with Crippen LogP contribution in [0.25, 0.3) is 0 Å². The fraction of sp³-hybridized carbons (Fsp3) is 0.600. The molecular weight excluding hydrogens is 250 g/mol. The van der Waals surface area contributed by atoms with Crippen LogP contribution in [-0.2, 0) is 12.8 Å². The highest BCUT2D eigenvalue weighted by Gasteiger charge is 2.18. The lowest BCUT2D eigenvalue weighted by molar-refractivity contribution is 0.178. The molecule has 3 rings (SSSR count). The SMILES string of the molecule is CN1CCN(Nc2nc3c(cc2C#N)CCCC3)CC1. The van der Waals surface area contributed by atoms with Crippen molar-refractivity contribution in [2.24, 2.45) is 0 Å². The van der Waals surface area contributed by atoms with Gasteiger partial charge in [0.15, 0.2) is 5.82 Å². The fourth-order valence-electron chi connectivity index (χ4n) is 2.87. The molecule has 1 saturated heterocycles. The van der Waals surface area contributed by atoms with Gasteiger partial charge in [0.1, 0.15) is 6.07 Å². The van der Waals surface area contributed by atoms with Crippen molar-refractivity contribution < 1.29 is 0 Å². The van der Waals surface area contributed by atoms with Crippen molar-refractivity contribution >= 4 is 5.82 Å². The summed E-state index contributed by atoms with van der Waals surface area (Å²) in [6.45, 7) is 4.00. The molecule has 1 aliphatic heterocycles. The van der Waals surface area contributed by atoms with Crippen molar-refractivity contribution in [2.45, 2.75) is 25.7 Å². The lowest BCUT2D eigenvalue weighted by Gasteiger charge is -2.33. The molecule has 5 heteroatoms. The van der Waals surface area contributed by atoms with Crippen LogP contribution in [0.3, 0.4) is 0 Å². The molecule has 2 heterocycles. The summed E-state index contributed by atoms with van der Waals surface area (Å²) in [5, 5.41) is 11.5. The number of likely N-dealkylation sites (N-methyl/N-ethyl adjacent to an activating group) is 1. The Labute approximate surface area is 120 Å². The molecule has 1 N–H and O–H groups in total. The summed E-state index contributed by atoms with van der Waals surface area (Å²) >= 11 is 0. The van der Waals surface area contributed by atoms with E-state index in [0.29, 0.717) is 5.56 Å². The number of aryl methyl sites for hydroxylation is 2. The summed E-state index contributed by atoms with van der Waals surface area (Å²) < 4.78 is 0. The molecule has 0 spiro atoms. The van der Waals surface area contributed by atoms with Crippen LogP contribution in [0.2, 0.25) is 0 Å². The number of hydrazine groups is 1. The van der Waals surface area contributed by atoms with Gasteiger partial charge in [-0.05, 0) is 44.4 Å². The van der Waals surface area contributed by atoms with Crippen LogP contribution in [0, 0.1) is 11.3 Å². The van der Waals surface area contributed by atoms with E-state index in [1.54, 1.807) is 0 Å². The van der Waals surface area contributed by atoms with E-state index in [4.69, 9.17) is 4.98 Å². The van der Waals surface area contributed by atoms with Crippen LogP contribution in [-0.4, -0.2) is 48.1 Å².